The molecule has 102 valence electrons. The van der Waals surface area contributed by atoms with Gasteiger partial charge in [-0.25, -0.2) is 4.79 Å². The number of hydrogen-bond acceptors (Lipinski definition) is 5. The highest BCUT2D eigenvalue weighted by molar-refractivity contribution is 7.99. The topological polar surface area (TPSA) is 116 Å². The molecule has 7 nitrogen and oxygen atoms in total. The third kappa shape index (κ3) is 4.92. The molecule has 0 aliphatic carbocycles. The maximum atomic E-state index is 11.8. The Morgan fingerprint density at radius 2 is 2.11 bits per heavy atom. The van der Waals surface area contributed by atoms with E-state index >= 15 is 0 Å². The second-order valence-electron chi connectivity index (χ2n) is 3.91. The molecule has 0 aromatic heterocycles. The minimum absolute atomic E-state index is 0.115. The fraction of sp³-hybridized carbons (Fsp3) is 0.700. The fourth-order valence-electron chi connectivity index (χ4n) is 1.53. The molecule has 0 aromatic carbocycles. The number of thioether (sulfide) groups is 1. The highest BCUT2D eigenvalue weighted by atomic mass is 32.2. The molecule has 1 aliphatic rings. The highest BCUT2D eigenvalue weighted by Gasteiger charge is 2.26. The second-order valence-corrected chi connectivity index (χ2v) is 5.06. The molecule has 4 N–H and O–H groups in total. The Kier molecular flexibility index (Phi) is 5.93. The van der Waals surface area contributed by atoms with Crippen molar-refractivity contribution in [3.63, 3.8) is 0 Å². The standard InChI is InChI=1S/C10H16N2O5S/c13-8(14)2-1-6(10(16)17)12-9(15)7-5-18-4-3-11-7/h6-7,11H,1-5H2,(H,12,15)(H,13,14)(H,16,17)/t6-,7?/m0/s1. The van der Waals surface area contributed by atoms with Crippen LogP contribution in [0.15, 0.2) is 0 Å². The molecule has 1 heterocycles. The minimum Gasteiger partial charge on any atom is -0.481 e. The van der Waals surface area contributed by atoms with Gasteiger partial charge in [0.15, 0.2) is 0 Å². The molecule has 0 spiro atoms. The lowest BCUT2D eigenvalue weighted by molar-refractivity contribution is -0.143. The van der Waals surface area contributed by atoms with E-state index in [9.17, 15) is 14.4 Å². The maximum absolute atomic E-state index is 11.8. The Morgan fingerprint density at radius 3 is 2.61 bits per heavy atom. The molecule has 0 saturated carbocycles. The zero-order valence-electron chi connectivity index (χ0n) is 9.72. The summed E-state index contributed by atoms with van der Waals surface area (Å²) in [5, 5.41) is 22.8. The lowest BCUT2D eigenvalue weighted by Crippen LogP contribution is -2.53. The Balaban J connectivity index is 2.46. The van der Waals surface area contributed by atoms with Gasteiger partial charge in [0, 0.05) is 24.5 Å². The van der Waals surface area contributed by atoms with Crippen LogP contribution in [-0.4, -0.2) is 58.2 Å². The zero-order valence-corrected chi connectivity index (χ0v) is 10.5. The first-order valence-electron chi connectivity index (χ1n) is 5.57. The summed E-state index contributed by atoms with van der Waals surface area (Å²) >= 11 is 1.62. The number of carbonyl (C=O) groups is 3. The summed E-state index contributed by atoms with van der Waals surface area (Å²) < 4.78 is 0. The van der Waals surface area contributed by atoms with Gasteiger partial charge < -0.3 is 20.8 Å². The first-order chi connectivity index (χ1) is 8.50. The SMILES string of the molecule is O=C(O)CC[C@H](NC(=O)C1CSCCN1)C(=O)O. The van der Waals surface area contributed by atoms with E-state index < -0.39 is 24.0 Å². The molecular weight excluding hydrogens is 260 g/mol. The molecule has 1 saturated heterocycles. The first-order valence-corrected chi connectivity index (χ1v) is 6.72. The number of rotatable bonds is 6. The van der Waals surface area contributed by atoms with E-state index in [1.54, 1.807) is 11.8 Å². The molecule has 18 heavy (non-hydrogen) atoms. The van der Waals surface area contributed by atoms with Gasteiger partial charge in [0.1, 0.15) is 6.04 Å². The van der Waals surface area contributed by atoms with Crippen LogP contribution in [-0.2, 0) is 14.4 Å². The number of aliphatic carboxylic acids is 2. The van der Waals surface area contributed by atoms with Crippen LogP contribution in [0.4, 0.5) is 0 Å². The molecule has 1 unspecified atom stereocenters. The molecule has 1 amide bonds. The summed E-state index contributed by atoms with van der Waals surface area (Å²) in [6.07, 6.45) is -0.402. The quantitative estimate of drug-likeness (QED) is 0.498. The second kappa shape index (κ2) is 7.22. The van der Waals surface area contributed by atoms with E-state index in [1.807, 2.05) is 0 Å². The van der Waals surface area contributed by atoms with Crippen LogP contribution < -0.4 is 10.6 Å². The molecule has 1 aliphatic heterocycles. The summed E-state index contributed by atoms with van der Waals surface area (Å²) in [5.74, 6) is -1.17. The van der Waals surface area contributed by atoms with Crippen LogP contribution in [0.5, 0.6) is 0 Å². The summed E-state index contributed by atoms with van der Waals surface area (Å²) in [5.41, 5.74) is 0. The fourth-order valence-corrected chi connectivity index (χ4v) is 2.47. The van der Waals surface area contributed by atoms with Crippen molar-refractivity contribution in [2.24, 2.45) is 0 Å². The molecule has 1 fully saturated rings. The van der Waals surface area contributed by atoms with Gasteiger partial charge in [0.2, 0.25) is 5.91 Å². The van der Waals surface area contributed by atoms with Crippen LogP contribution in [0.1, 0.15) is 12.8 Å². The molecule has 0 aromatic rings. The van der Waals surface area contributed by atoms with Crippen LogP contribution in [0.2, 0.25) is 0 Å². The monoisotopic (exact) mass is 276 g/mol. The Morgan fingerprint density at radius 1 is 1.39 bits per heavy atom. The third-order valence-corrected chi connectivity index (χ3v) is 3.56. The zero-order chi connectivity index (χ0) is 13.5. The number of amides is 1. The Labute approximate surface area is 108 Å². The van der Waals surface area contributed by atoms with Crippen LogP contribution in [0, 0.1) is 0 Å². The van der Waals surface area contributed by atoms with Crippen LogP contribution >= 0.6 is 11.8 Å². The van der Waals surface area contributed by atoms with Gasteiger partial charge in [-0.05, 0) is 6.42 Å². The van der Waals surface area contributed by atoms with Gasteiger partial charge in [-0.15, -0.1) is 0 Å². The number of carboxylic acids is 2. The molecule has 1 rings (SSSR count). The van der Waals surface area contributed by atoms with E-state index in [2.05, 4.69) is 10.6 Å². The van der Waals surface area contributed by atoms with E-state index in [-0.39, 0.29) is 18.7 Å². The van der Waals surface area contributed by atoms with Gasteiger partial charge >= 0.3 is 11.9 Å². The van der Waals surface area contributed by atoms with Gasteiger partial charge in [0.25, 0.3) is 0 Å². The number of carboxylic acid groups (broad SMARTS) is 2. The Hall–Kier alpha value is -1.28. The Bertz CT molecular complexity index is 330. The van der Waals surface area contributed by atoms with Crippen molar-refractivity contribution < 1.29 is 24.6 Å². The summed E-state index contributed by atoms with van der Waals surface area (Å²) in [7, 11) is 0. The van der Waals surface area contributed by atoms with Crippen molar-refractivity contribution in [1.82, 2.24) is 10.6 Å². The lowest BCUT2D eigenvalue weighted by Gasteiger charge is -2.24. The largest absolute Gasteiger partial charge is 0.481 e. The molecule has 0 bridgehead atoms. The summed E-state index contributed by atoms with van der Waals surface area (Å²) in [6, 6.07) is -1.56. The van der Waals surface area contributed by atoms with E-state index in [4.69, 9.17) is 10.2 Å². The van der Waals surface area contributed by atoms with E-state index in [0.29, 0.717) is 12.3 Å². The summed E-state index contributed by atoms with van der Waals surface area (Å²) in [6.45, 7) is 0.704. The minimum atomic E-state index is -1.21. The van der Waals surface area contributed by atoms with Gasteiger partial charge in [0.05, 0.1) is 6.04 Å². The average Bonchev–Trinajstić information content (AvgIpc) is 2.34. The van der Waals surface area contributed by atoms with Crippen LogP contribution in [0.25, 0.3) is 0 Å². The van der Waals surface area contributed by atoms with Crippen molar-refractivity contribution in [3.05, 3.63) is 0 Å². The van der Waals surface area contributed by atoms with Crippen molar-refractivity contribution in [2.45, 2.75) is 24.9 Å². The normalized spacial score (nSPS) is 21.0. The van der Waals surface area contributed by atoms with Crippen molar-refractivity contribution in [2.75, 3.05) is 18.1 Å². The predicted molar refractivity (Wildman–Crippen MR) is 65.6 cm³/mol. The van der Waals surface area contributed by atoms with Crippen LogP contribution in [0.3, 0.4) is 0 Å². The van der Waals surface area contributed by atoms with Crippen molar-refractivity contribution in [1.29, 1.82) is 0 Å². The maximum Gasteiger partial charge on any atom is 0.326 e. The molecule has 2 atom stereocenters. The summed E-state index contributed by atoms with van der Waals surface area (Å²) in [4.78, 5) is 33.0. The number of nitrogens with one attached hydrogen (secondary N) is 2. The predicted octanol–water partition coefficient (Wildman–Crippen LogP) is -0.874. The third-order valence-electron chi connectivity index (χ3n) is 2.50. The van der Waals surface area contributed by atoms with Crippen molar-refractivity contribution >= 4 is 29.6 Å². The lowest BCUT2D eigenvalue weighted by atomic mass is 10.1. The number of hydrogen-bond donors (Lipinski definition) is 4. The molecule has 0 radical (unpaired) electrons. The molecule has 8 heteroatoms. The highest BCUT2D eigenvalue weighted by Crippen LogP contribution is 2.08. The average molecular weight is 276 g/mol. The smallest absolute Gasteiger partial charge is 0.326 e. The van der Waals surface area contributed by atoms with Gasteiger partial charge in [-0.1, -0.05) is 0 Å². The molecular formula is C10H16N2O5S. The van der Waals surface area contributed by atoms with E-state index in [1.165, 1.54) is 0 Å². The van der Waals surface area contributed by atoms with Gasteiger partial charge in [-0.3, -0.25) is 9.59 Å². The van der Waals surface area contributed by atoms with Gasteiger partial charge in [-0.2, -0.15) is 11.8 Å². The van der Waals surface area contributed by atoms with E-state index in [0.717, 1.165) is 5.75 Å². The first kappa shape index (κ1) is 14.8. The van der Waals surface area contributed by atoms with Crippen molar-refractivity contribution in [3.8, 4) is 0 Å². The number of carbonyl (C=O) groups excluding carboxylic acids is 1.